The van der Waals surface area contributed by atoms with Gasteiger partial charge in [-0.3, -0.25) is 19.7 Å². The van der Waals surface area contributed by atoms with Crippen LogP contribution in [-0.4, -0.2) is 43.7 Å². The molecule has 1 saturated carbocycles. The first-order valence-corrected chi connectivity index (χ1v) is 20.2. The molecule has 1 saturated heterocycles. The number of amides is 3. The molecule has 0 radical (unpaired) electrons. The number of para-hydroxylation sites is 1. The van der Waals surface area contributed by atoms with Crippen LogP contribution in [0.25, 0.3) is 17.0 Å². The average Bonchev–Trinajstić information content (AvgIpc) is 3.92. The molecule has 2 fully saturated rings. The quantitative estimate of drug-likeness (QED) is 0.0932. The number of benzene rings is 4. The van der Waals surface area contributed by atoms with Crippen LogP contribution in [0.3, 0.4) is 0 Å². The molecular formula is C43H42F2N4O8S. The molecule has 3 heterocycles. The first-order valence-electron chi connectivity index (χ1n) is 18.5. The third-order valence-corrected chi connectivity index (χ3v) is 10.2. The highest BCUT2D eigenvalue weighted by Gasteiger charge is 2.29. The molecule has 5 aromatic rings. The number of cyclic esters (lactones) is 1. The van der Waals surface area contributed by atoms with Gasteiger partial charge < -0.3 is 9.26 Å². The highest BCUT2D eigenvalue weighted by atomic mass is 32.2. The zero-order chi connectivity index (χ0) is 41.5. The first-order chi connectivity index (χ1) is 27.8. The summed E-state index contributed by atoms with van der Waals surface area (Å²) >= 11 is 0. The number of carbonyl (C=O) groups excluding carboxylic acids is 4. The number of nitrogens with two attached hydrogens (primary N) is 1. The Bertz CT molecular complexity index is 2280. The van der Waals surface area contributed by atoms with Crippen molar-refractivity contribution >= 4 is 57.2 Å². The fraction of sp³-hybridized carbons (Fsp3) is 0.256. The van der Waals surface area contributed by atoms with Crippen LogP contribution in [0.5, 0.6) is 0 Å². The van der Waals surface area contributed by atoms with Crippen molar-refractivity contribution in [3.8, 4) is 0 Å². The summed E-state index contributed by atoms with van der Waals surface area (Å²) in [7, 11) is -3.56. The topological polar surface area (TPSA) is 188 Å². The lowest BCUT2D eigenvalue weighted by molar-refractivity contribution is -0.144. The number of allylic oxidation sites excluding steroid dienone is 1. The van der Waals surface area contributed by atoms with E-state index in [1.807, 2.05) is 30.3 Å². The molecule has 1 aromatic heterocycles. The number of primary sulfonamides is 1. The number of aliphatic imine (C=N–C) groups is 1. The number of fused-ring (bicyclic) bond motifs is 1. The van der Waals surface area contributed by atoms with Crippen LogP contribution in [0.4, 0.5) is 8.78 Å². The van der Waals surface area contributed by atoms with Crippen LogP contribution in [0.2, 0.25) is 0 Å². The molecule has 4 aromatic carbocycles. The van der Waals surface area contributed by atoms with Gasteiger partial charge >= 0.3 is 11.9 Å². The smallest absolute Gasteiger partial charge is 0.405 e. The number of ether oxygens (including phenoxy) is 1. The number of halogens is 2. The van der Waals surface area contributed by atoms with Crippen molar-refractivity contribution in [3.05, 3.63) is 143 Å². The molecule has 15 heteroatoms. The lowest BCUT2D eigenvalue weighted by Gasteiger charge is -2.34. The van der Waals surface area contributed by atoms with Gasteiger partial charge in [0.25, 0.3) is 0 Å². The predicted molar refractivity (Wildman–Crippen MR) is 213 cm³/mol. The second-order valence-corrected chi connectivity index (χ2v) is 15.4. The monoisotopic (exact) mass is 812 g/mol. The number of hydrogen-bond donors (Lipinski definition) is 2. The van der Waals surface area contributed by atoms with E-state index in [-0.39, 0.29) is 35.1 Å². The zero-order valence-corrected chi connectivity index (χ0v) is 32.2. The van der Waals surface area contributed by atoms with E-state index >= 15 is 0 Å². The van der Waals surface area contributed by atoms with Crippen LogP contribution in [-0.2, 0) is 39.7 Å². The van der Waals surface area contributed by atoms with Crippen molar-refractivity contribution in [2.24, 2.45) is 22.0 Å². The van der Waals surface area contributed by atoms with Gasteiger partial charge in [0.1, 0.15) is 23.1 Å². The molecular weight excluding hydrogens is 771 g/mol. The van der Waals surface area contributed by atoms with E-state index in [1.54, 1.807) is 24.3 Å². The third kappa shape index (κ3) is 13.5. The molecule has 2 aliphatic heterocycles. The van der Waals surface area contributed by atoms with E-state index in [0.29, 0.717) is 41.3 Å². The van der Waals surface area contributed by atoms with E-state index in [0.717, 1.165) is 36.8 Å². The minimum atomic E-state index is -3.56. The number of esters is 1. The van der Waals surface area contributed by atoms with Gasteiger partial charge in [0.2, 0.25) is 21.8 Å². The molecule has 0 bridgehead atoms. The molecule has 8 rings (SSSR count). The number of aromatic nitrogens is 1. The van der Waals surface area contributed by atoms with E-state index in [1.165, 1.54) is 42.7 Å². The van der Waals surface area contributed by atoms with Gasteiger partial charge in [-0.2, -0.15) is 4.99 Å². The lowest BCUT2D eigenvalue weighted by Crippen LogP contribution is -2.21. The van der Waals surface area contributed by atoms with Crippen molar-refractivity contribution in [1.29, 1.82) is 0 Å². The summed E-state index contributed by atoms with van der Waals surface area (Å²) in [5.41, 5.74) is 4.40. The third-order valence-electron chi connectivity index (χ3n) is 9.55. The predicted octanol–water partition coefficient (Wildman–Crippen LogP) is 7.14. The number of carbonyl (C=O) groups is 4. The summed E-state index contributed by atoms with van der Waals surface area (Å²) in [6.45, 7) is 0. The average molecular weight is 813 g/mol. The summed E-state index contributed by atoms with van der Waals surface area (Å²) < 4.78 is 57.6. The maximum absolute atomic E-state index is 13.5. The number of nitrogens with zero attached hydrogens (tertiary/aromatic N) is 2. The largest absolute Gasteiger partial charge is 0.407 e. The van der Waals surface area contributed by atoms with Crippen molar-refractivity contribution in [1.82, 2.24) is 10.5 Å². The Kier molecular flexibility index (Phi) is 15.4. The minimum absolute atomic E-state index is 0.148. The summed E-state index contributed by atoms with van der Waals surface area (Å²) in [6.07, 6.45) is 11.9. The second kappa shape index (κ2) is 20.8. The first kappa shape index (κ1) is 42.9. The molecule has 0 unspecified atom stereocenters. The van der Waals surface area contributed by atoms with Crippen molar-refractivity contribution in [2.75, 3.05) is 0 Å². The maximum Gasteiger partial charge on any atom is 0.405 e. The molecule has 3 aliphatic rings. The molecule has 1 aliphatic carbocycles. The number of hydrogen-bond acceptors (Lipinski definition) is 9. The summed E-state index contributed by atoms with van der Waals surface area (Å²) in [5.74, 6) is -1.37. The number of sulfonamides is 1. The van der Waals surface area contributed by atoms with E-state index in [2.05, 4.69) is 56.6 Å². The van der Waals surface area contributed by atoms with E-state index in [9.17, 15) is 36.4 Å². The van der Waals surface area contributed by atoms with Gasteiger partial charge in [-0.1, -0.05) is 84.0 Å². The van der Waals surface area contributed by atoms with Gasteiger partial charge in [-0.25, -0.2) is 27.1 Å². The second-order valence-electron chi connectivity index (χ2n) is 13.8. The van der Waals surface area contributed by atoms with Gasteiger partial charge in [-0.05, 0) is 97.0 Å². The molecule has 0 spiro atoms. The molecule has 3 N–H and O–H groups in total. The van der Waals surface area contributed by atoms with Gasteiger partial charge in [0.05, 0.1) is 0 Å². The fourth-order valence-electron chi connectivity index (χ4n) is 6.76. The van der Waals surface area contributed by atoms with E-state index < -0.39 is 21.9 Å². The lowest BCUT2D eigenvalue weighted by atomic mass is 9.70. The normalized spacial score (nSPS) is 17.5. The van der Waals surface area contributed by atoms with Crippen LogP contribution in [0.15, 0.2) is 119 Å². The molecule has 58 heavy (non-hydrogen) atoms. The van der Waals surface area contributed by atoms with Crippen molar-refractivity contribution in [3.63, 3.8) is 0 Å². The highest BCUT2D eigenvalue weighted by Crippen LogP contribution is 2.43. The zero-order valence-electron chi connectivity index (χ0n) is 31.3. The fourth-order valence-corrected chi connectivity index (χ4v) is 7.35. The summed E-state index contributed by atoms with van der Waals surface area (Å²) in [4.78, 5) is 43.0. The molecule has 0 atom stereocenters. The Hall–Kier alpha value is -6.19. The molecule has 3 amide bonds. The Balaban J connectivity index is 0.000000185. The standard InChI is InChI=1S/C28H28F2.C8H8N2O3S.C4H5NO2.C3HNO3/c29-26-17-13-24(14-18-26)28(25-15-19-27(30)20-16-25)23-11-9-22(10-12-23)8-4-7-21-5-2-1-3-6-21;9-14(11,12)5-7-6-3-1-2-4-8(6)13-10-7;6-3-1-2-4(7)5-3;5-2-3(6)7-1-4-2/h1-7,13-20,22-23,28H,8-12H2;1-4H,5H2,(H2,9,11,12);1-2H2,(H,5,6,7);1H/b7-4+;;;. The van der Waals surface area contributed by atoms with Crippen LogP contribution >= 0.6 is 0 Å². The van der Waals surface area contributed by atoms with Gasteiger partial charge in [0, 0.05) is 24.1 Å². The van der Waals surface area contributed by atoms with Crippen LogP contribution in [0, 0.1) is 23.5 Å². The number of imide groups is 1. The van der Waals surface area contributed by atoms with Crippen molar-refractivity contribution in [2.45, 2.75) is 56.6 Å². The minimum Gasteiger partial charge on any atom is -0.407 e. The van der Waals surface area contributed by atoms with Crippen LogP contribution in [0.1, 0.15) is 73.2 Å². The Morgan fingerprint density at radius 3 is 1.83 bits per heavy atom. The Morgan fingerprint density at radius 2 is 1.34 bits per heavy atom. The molecule has 12 nitrogen and oxygen atoms in total. The van der Waals surface area contributed by atoms with Crippen LogP contribution < -0.4 is 10.5 Å². The summed E-state index contributed by atoms with van der Waals surface area (Å²) in [5, 5.41) is 11.4. The molecule has 302 valence electrons. The van der Waals surface area contributed by atoms with E-state index in [4.69, 9.17) is 9.66 Å². The maximum atomic E-state index is 13.5. The van der Waals surface area contributed by atoms with Gasteiger partial charge in [-0.15, -0.1) is 0 Å². The van der Waals surface area contributed by atoms with Crippen molar-refractivity contribution < 1.29 is 45.6 Å². The number of rotatable bonds is 8. The Morgan fingerprint density at radius 1 is 0.776 bits per heavy atom. The SMILES string of the molecule is Fc1ccc(C(c2ccc(F)cc2)C2CCC(C/C=C/c3ccccc3)CC2)cc1.NS(=O)(=O)Cc1noc2ccccc12.O=C1CCC(=O)N1.O=C1N=COC1=O. The number of nitrogens with one attached hydrogen (secondary N) is 1. The van der Waals surface area contributed by atoms with Gasteiger partial charge in [0.15, 0.2) is 12.0 Å². The Labute approximate surface area is 334 Å². The summed E-state index contributed by atoms with van der Waals surface area (Å²) in [6, 6.07) is 31.1. The highest BCUT2D eigenvalue weighted by molar-refractivity contribution is 7.88.